The Labute approximate surface area is 115 Å². The smallest absolute Gasteiger partial charge is 0.138 e. The van der Waals surface area contributed by atoms with Crippen LogP contribution in [0.5, 0.6) is 0 Å². The predicted octanol–water partition coefficient (Wildman–Crippen LogP) is 2.52. The maximum absolute atomic E-state index is 4.40. The van der Waals surface area contributed by atoms with E-state index in [0.29, 0.717) is 12.1 Å². The van der Waals surface area contributed by atoms with E-state index in [9.17, 15) is 0 Å². The molecule has 0 aromatic carbocycles. The molecule has 1 aromatic heterocycles. The third-order valence-electron chi connectivity index (χ3n) is 2.92. The van der Waals surface area contributed by atoms with E-state index in [-0.39, 0.29) is 0 Å². The average Bonchev–Trinajstić information content (AvgIpc) is 2.80. The zero-order chi connectivity index (χ0) is 13.4. The number of nitrogens with one attached hydrogen (secondary N) is 1. The second kappa shape index (κ2) is 8.53. The summed E-state index contributed by atoms with van der Waals surface area (Å²) in [5.41, 5.74) is 0. The quantitative estimate of drug-likeness (QED) is 0.749. The summed E-state index contributed by atoms with van der Waals surface area (Å²) < 4.78 is 2.03. The number of thioether (sulfide) groups is 1. The van der Waals surface area contributed by atoms with Crippen LogP contribution in [-0.2, 0) is 6.42 Å². The Balaban J connectivity index is 2.59. The van der Waals surface area contributed by atoms with Crippen LogP contribution in [0.25, 0.3) is 0 Å². The molecule has 1 rings (SSSR count). The van der Waals surface area contributed by atoms with Crippen LogP contribution in [-0.4, -0.2) is 39.4 Å². The first kappa shape index (κ1) is 15.5. The van der Waals surface area contributed by atoms with Crippen molar-refractivity contribution in [3.05, 3.63) is 12.2 Å². The number of hydrogen-bond acceptors (Lipinski definition) is 4. The van der Waals surface area contributed by atoms with Gasteiger partial charge >= 0.3 is 0 Å². The standard InChI is InChI=1S/C13H26N4S/c1-5-7-14-12(6-8-18-4)9-13-15-10-16-17(13)11(2)3/h10-12,14H,5-9H2,1-4H3. The van der Waals surface area contributed by atoms with Crippen molar-refractivity contribution < 1.29 is 0 Å². The molecule has 0 saturated heterocycles. The highest BCUT2D eigenvalue weighted by molar-refractivity contribution is 7.98. The second-order valence-electron chi connectivity index (χ2n) is 4.85. The summed E-state index contributed by atoms with van der Waals surface area (Å²) in [6, 6.07) is 0.897. The van der Waals surface area contributed by atoms with Crippen molar-refractivity contribution in [3.8, 4) is 0 Å². The molecule has 4 nitrogen and oxygen atoms in total. The summed E-state index contributed by atoms with van der Waals surface area (Å²) in [6.45, 7) is 7.58. The molecule has 104 valence electrons. The van der Waals surface area contributed by atoms with E-state index in [2.05, 4.69) is 42.4 Å². The molecule has 1 N–H and O–H groups in total. The minimum Gasteiger partial charge on any atom is -0.314 e. The highest BCUT2D eigenvalue weighted by Crippen LogP contribution is 2.10. The largest absolute Gasteiger partial charge is 0.314 e. The molecule has 0 radical (unpaired) electrons. The minimum absolute atomic E-state index is 0.384. The van der Waals surface area contributed by atoms with Gasteiger partial charge in [-0.05, 0) is 45.2 Å². The number of nitrogens with zero attached hydrogens (tertiary/aromatic N) is 3. The maximum Gasteiger partial charge on any atom is 0.138 e. The van der Waals surface area contributed by atoms with Gasteiger partial charge in [-0.15, -0.1) is 0 Å². The van der Waals surface area contributed by atoms with E-state index in [1.807, 2.05) is 16.4 Å². The molecule has 0 aliphatic heterocycles. The third-order valence-corrected chi connectivity index (χ3v) is 3.56. The highest BCUT2D eigenvalue weighted by Gasteiger charge is 2.14. The molecular formula is C13H26N4S. The zero-order valence-electron chi connectivity index (χ0n) is 12.0. The van der Waals surface area contributed by atoms with Crippen LogP contribution in [0, 0.1) is 0 Å². The topological polar surface area (TPSA) is 42.7 Å². The van der Waals surface area contributed by atoms with E-state index in [0.717, 1.165) is 18.8 Å². The summed E-state index contributed by atoms with van der Waals surface area (Å²) in [5, 5.41) is 7.92. The lowest BCUT2D eigenvalue weighted by Gasteiger charge is -2.19. The highest BCUT2D eigenvalue weighted by atomic mass is 32.2. The molecule has 1 atom stereocenters. The SMILES string of the molecule is CCCNC(CCSC)Cc1ncnn1C(C)C. The van der Waals surface area contributed by atoms with Crippen LogP contribution in [0.4, 0.5) is 0 Å². The van der Waals surface area contributed by atoms with Crippen molar-refractivity contribution >= 4 is 11.8 Å². The molecular weight excluding hydrogens is 244 g/mol. The normalized spacial score (nSPS) is 13.2. The van der Waals surface area contributed by atoms with Gasteiger partial charge in [-0.3, -0.25) is 0 Å². The molecule has 0 aliphatic rings. The Morgan fingerprint density at radius 2 is 2.22 bits per heavy atom. The van der Waals surface area contributed by atoms with Gasteiger partial charge in [0.05, 0.1) is 0 Å². The fraction of sp³-hybridized carbons (Fsp3) is 0.846. The Morgan fingerprint density at radius 1 is 1.44 bits per heavy atom. The summed E-state index contributed by atoms with van der Waals surface area (Å²) in [5.74, 6) is 2.29. The van der Waals surface area contributed by atoms with Crippen molar-refractivity contribution in [3.63, 3.8) is 0 Å². The van der Waals surface area contributed by atoms with Gasteiger partial charge in [0, 0.05) is 18.5 Å². The van der Waals surface area contributed by atoms with Crippen molar-refractivity contribution in [2.45, 2.75) is 52.1 Å². The van der Waals surface area contributed by atoms with Crippen LogP contribution in [0.15, 0.2) is 6.33 Å². The average molecular weight is 270 g/mol. The molecule has 1 heterocycles. The van der Waals surface area contributed by atoms with Gasteiger partial charge in [0.25, 0.3) is 0 Å². The van der Waals surface area contributed by atoms with Gasteiger partial charge in [-0.1, -0.05) is 6.92 Å². The maximum atomic E-state index is 4.40. The summed E-state index contributed by atoms with van der Waals surface area (Å²) in [7, 11) is 0. The molecule has 1 aromatic rings. The van der Waals surface area contributed by atoms with Crippen molar-refractivity contribution in [1.29, 1.82) is 0 Å². The van der Waals surface area contributed by atoms with Crippen LogP contribution in [0.1, 0.15) is 45.5 Å². The Morgan fingerprint density at radius 3 is 2.83 bits per heavy atom. The van der Waals surface area contributed by atoms with Gasteiger partial charge in [-0.2, -0.15) is 16.9 Å². The summed E-state index contributed by atoms with van der Waals surface area (Å²) in [4.78, 5) is 4.40. The van der Waals surface area contributed by atoms with Crippen molar-refractivity contribution in [2.75, 3.05) is 18.6 Å². The lowest BCUT2D eigenvalue weighted by molar-refractivity contribution is 0.449. The van der Waals surface area contributed by atoms with Crippen LogP contribution in [0.3, 0.4) is 0 Å². The fourth-order valence-electron chi connectivity index (χ4n) is 1.96. The first-order valence-electron chi connectivity index (χ1n) is 6.79. The van der Waals surface area contributed by atoms with Gasteiger partial charge < -0.3 is 5.32 Å². The van der Waals surface area contributed by atoms with Gasteiger partial charge in [0.2, 0.25) is 0 Å². The van der Waals surface area contributed by atoms with Gasteiger partial charge in [-0.25, -0.2) is 9.67 Å². The van der Waals surface area contributed by atoms with Gasteiger partial charge in [0.15, 0.2) is 0 Å². The van der Waals surface area contributed by atoms with E-state index >= 15 is 0 Å². The number of rotatable bonds is 9. The molecule has 0 fully saturated rings. The van der Waals surface area contributed by atoms with Crippen molar-refractivity contribution in [1.82, 2.24) is 20.1 Å². The van der Waals surface area contributed by atoms with E-state index in [1.54, 1.807) is 6.33 Å². The lowest BCUT2D eigenvalue weighted by atomic mass is 10.1. The molecule has 0 saturated carbocycles. The molecule has 0 aliphatic carbocycles. The van der Waals surface area contributed by atoms with Gasteiger partial charge in [0.1, 0.15) is 12.2 Å². The molecule has 18 heavy (non-hydrogen) atoms. The van der Waals surface area contributed by atoms with Crippen LogP contribution >= 0.6 is 11.8 Å². The first-order valence-corrected chi connectivity index (χ1v) is 8.19. The van der Waals surface area contributed by atoms with Crippen LogP contribution < -0.4 is 5.32 Å². The molecule has 5 heteroatoms. The predicted molar refractivity (Wildman–Crippen MR) is 79.2 cm³/mol. The van der Waals surface area contributed by atoms with Crippen molar-refractivity contribution in [2.24, 2.45) is 0 Å². The van der Waals surface area contributed by atoms with E-state index < -0.39 is 0 Å². The Kier molecular flexibility index (Phi) is 7.35. The fourth-order valence-corrected chi connectivity index (χ4v) is 2.48. The monoisotopic (exact) mass is 270 g/mol. The third kappa shape index (κ3) is 4.98. The zero-order valence-corrected chi connectivity index (χ0v) is 12.8. The summed E-state index contributed by atoms with van der Waals surface area (Å²) >= 11 is 1.90. The second-order valence-corrected chi connectivity index (χ2v) is 5.84. The minimum atomic E-state index is 0.384. The number of hydrogen-bond donors (Lipinski definition) is 1. The Bertz CT molecular complexity index is 317. The first-order chi connectivity index (χ1) is 8.69. The molecule has 0 spiro atoms. The summed E-state index contributed by atoms with van der Waals surface area (Å²) in [6.07, 6.45) is 7.16. The van der Waals surface area contributed by atoms with E-state index in [4.69, 9.17) is 0 Å². The number of aromatic nitrogens is 3. The molecule has 0 amide bonds. The Hall–Kier alpha value is -0.550. The lowest BCUT2D eigenvalue weighted by Crippen LogP contribution is -2.33. The molecule has 1 unspecified atom stereocenters. The van der Waals surface area contributed by atoms with E-state index in [1.165, 1.54) is 18.6 Å². The van der Waals surface area contributed by atoms with Crippen LogP contribution in [0.2, 0.25) is 0 Å². The molecule has 0 bridgehead atoms.